The summed E-state index contributed by atoms with van der Waals surface area (Å²) in [7, 11) is 0. The minimum Gasteiger partial charge on any atom is -0.246 e. The summed E-state index contributed by atoms with van der Waals surface area (Å²) in [6.45, 7) is 0. The zero-order valence-electron chi connectivity index (χ0n) is 25.4. The van der Waals surface area contributed by atoms with Crippen LogP contribution in [0.4, 0.5) is 0 Å². The molecule has 2 heteroatoms. The lowest BCUT2D eigenvalue weighted by Crippen LogP contribution is -1.91. The van der Waals surface area contributed by atoms with E-state index in [-0.39, 0.29) is 0 Å². The van der Waals surface area contributed by atoms with Gasteiger partial charge in [-0.25, -0.2) is 4.98 Å². The van der Waals surface area contributed by atoms with E-state index in [4.69, 9.17) is 4.98 Å². The molecule has 218 valence electrons. The van der Waals surface area contributed by atoms with E-state index < -0.39 is 0 Å². The van der Waals surface area contributed by atoms with Crippen molar-refractivity contribution in [1.29, 1.82) is 0 Å². The average Bonchev–Trinajstić information content (AvgIpc) is 3.52. The van der Waals surface area contributed by atoms with Gasteiger partial charge in [-0.05, 0) is 66.7 Å². The predicted molar refractivity (Wildman–Crippen MR) is 203 cm³/mol. The van der Waals surface area contributed by atoms with Crippen LogP contribution in [0.3, 0.4) is 0 Å². The third-order valence-corrected chi connectivity index (χ3v) is 10.8. The highest BCUT2D eigenvalue weighted by molar-refractivity contribution is 7.26. The SMILES string of the molecule is c1ccc2cc(-c3c4ccccc4c(-c4ccc(-c5nc6c7ccccc7sc6c6ccccc56)cc4)c4ccccc34)ccc2c1. The van der Waals surface area contributed by atoms with Crippen LogP contribution in [0.5, 0.6) is 0 Å². The van der Waals surface area contributed by atoms with Crippen LogP contribution in [0, 0.1) is 0 Å². The monoisotopic (exact) mass is 613 g/mol. The largest absolute Gasteiger partial charge is 0.246 e. The Morgan fingerprint density at radius 1 is 0.362 bits per heavy atom. The van der Waals surface area contributed by atoms with Crippen molar-refractivity contribution in [3.05, 3.63) is 164 Å². The predicted octanol–water partition coefficient (Wildman–Crippen LogP) is 13.1. The molecule has 0 N–H and O–H groups in total. The number of hydrogen-bond acceptors (Lipinski definition) is 2. The Balaban J connectivity index is 1.19. The van der Waals surface area contributed by atoms with E-state index in [1.807, 2.05) is 11.3 Å². The molecule has 0 saturated carbocycles. The van der Waals surface area contributed by atoms with E-state index in [2.05, 4.69) is 164 Å². The van der Waals surface area contributed by atoms with Crippen molar-refractivity contribution < 1.29 is 0 Å². The molecule has 2 heterocycles. The summed E-state index contributed by atoms with van der Waals surface area (Å²) in [6, 6.07) is 59.6. The van der Waals surface area contributed by atoms with Gasteiger partial charge in [-0.2, -0.15) is 0 Å². The van der Waals surface area contributed by atoms with Gasteiger partial charge < -0.3 is 0 Å². The van der Waals surface area contributed by atoms with Gasteiger partial charge in [0.15, 0.2) is 0 Å². The van der Waals surface area contributed by atoms with E-state index in [1.165, 1.54) is 80.1 Å². The molecule has 0 unspecified atom stereocenters. The highest BCUT2D eigenvalue weighted by atomic mass is 32.1. The molecular formula is C45H27NS. The van der Waals surface area contributed by atoms with Gasteiger partial charge in [0.1, 0.15) is 0 Å². The molecule has 0 bridgehead atoms. The molecule has 10 aromatic rings. The number of thiophene rings is 1. The maximum atomic E-state index is 5.34. The summed E-state index contributed by atoms with van der Waals surface area (Å²) in [6.07, 6.45) is 0. The van der Waals surface area contributed by atoms with E-state index in [9.17, 15) is 0 Å². The molecule has 10 rings (SSSR count). The lowest BCUT2D eigenvalue weighted by molar-refractivity contribution is 1.45. The fourth-order valence-electron chi connectivity index (χ4n) is 7.50. The molecule has 8 aromatic carbocycles. The van der Waals surface area contributed by atoms with E-state index >= 15 is 0 Å². The molecule has 0 spiro atoms. The van der Waals surface area contributed by atoms with E-state index in [0.29, 0.717) is 0 Å². The lowest BCUT2D eigenvalue weighted by atomic mass is 9.85. The zero-order chi connectivity index (χ0) is 30.9. The van der Waals surface area contributed by atoms with Gasteiger partial charge in [-0.3, -0.25) is 0 Å². The molecule has 0 aliphatic rings. The molecule has 0 fully saturated rings. The second kappa shape index (κ2) is 10.3. The molecule has 0 amide bonds. The number of pyridine rings is 1. The van der Waals surface area contributed by atoms with Crippen LogP contribution in [-0.4, -0.2) is 4.98 Å². The van der Waals surface area contributed by atoms with Gasteiger partial charge in [0.05, 0.1) is 15.9 Å². The van der Waals surface area contributed by atoms with Gasteiger partial charge in [-0.1, -0.05) is 152 Å². The Kier molecular flexibility index (Phi) is 5.81. The Morgan fingerprint density at radius 2 is 0.851 bits per heavy atom. The van der Waals surface area contributed by atoms with Crippen molar-refractivity contribution in [2.24, 2.45) is 0 Å². The first-order valence-electron chi connectivity index (χ1n) is 16.1. The molecule has 0 aliphatic heterocycles. The molecule has 0 atom stereocenters. The minimum absolute atomic E-state index is 1.03. The smallest absolute Gasteiger partial charge is 0.0902 e. The molecule has 2 aromatic heterocycles. The van der Waals surface area contributed by atoms with Crippen LogP contribution in [0.25, 0.3) is 96.9 Å². The van der Waals surface area contributed by atoms with Crippen molar-refractivity contribution >= 4 is 74.7 Å². The Hall–Kier alpha value is -5.83. The van der Waals surface area contributed by atoms with Gasteiger partial charge in [0, 0.05) is 26.4 Å². The van der Waals surface area contributed by atoms with Crippen LogP contribution in [-0.2, 0) is 0 Å². The number of aromatic nitrogens is 1. The molecule has 47 heavy (non-hydrogen) atoms. The summed E-state index contributed by atoms with van der Waals surface area (Å²) in [5.74, 6) is 0. The summed E-state index contributed by atoms with van der Waals surface area (Å²) in [4.78, 5) is 5.34. The van der Waals surface area contributed by atoms with Crippen molar-refractivity contribution in [3.8, 4) is 33.5 Å². The third kappa shape index (κ3) is 4.05. The second-order valence-electron chi connectivity index (χ2n) is 12.3. The fourth-order valence-corrected chi connectivity index (χ4v) is 8.68. The van der Waals surface area contributed by atoms with E-state index in [1.54, 1.807) is 0 Å². The van der Waals surface area contributed by atoms with Crippen LogP contribution < -0.4 is 0 Å². The third-order valence-electron chi connectivity index (χ3n) is 9.64. The Bertz CT molecular complexity index is 2780. The standard InChI is InChI=1S/C45H27NS/c1-2-12-31-27-32(26-21-28(31)11-1)42-35-15-5-3-13-33(35)41(34-14-4-6-16-36(34)42)29-22-24-30(25-23-29)43-37-17-7-8-18-38(37)45-44(46-43)39-19-9-10-20-40(39)47-45/h1-27H. The number of hydrogen-bond donors (Lipinski definition) is 0. The average molecular weight is 614 g/mol. The first-order chi connectivity index (χ1) is 23.3. The van der Waals surface area contributed by atoms with Crippen molar-refractivity contribution in [1.82, 2.24) is 4.98 Å². The number of benzene rings is 8. The van der Waals surface area contributed by atoms with E-state index in [0.717, 1.165) is 16.8 Å². The van der Waals surface area contributed by atoms with Crippen molar-refractivity contribution in [3.63, 3.8) is 0 Å². The minimum atomic E-state index is 1.03. The fraction of sp³-hybridized carbons (Fsp3) is 0. The van der Waals surface area contributed by atoms with Gasteiger partial charge in [0.25, 0.3) is 0 Å². The highest BCUT2D eigenvalue weighted by Crippen LogP contribution is 2.45. The highest BCUT2D eigenvalue weighted by Gasteiger charge is 2.18. The van der Waals surface area contributed by atoms with Gasteiger partial charge in [0.2, 0.25) is 0 Å². The van der Waals surface area contributed by atoms with Crippen molar-refractivity contribution in [2.75, 3.05) is 0 Å². The normalized spacial score (nSPS) is 11.8. The van der Waals surface area contributed by atoms with Gasteiger partial charge >= 0.3 is 0 Å². The molecular weight excluding hydrogens is 587 g/mol. The maximum Gasteiger partial charge on any atom is 0.0902 e. The molecule has 0 saturated heterocycles. The summed E-state index contributed by atoms with van der Waals surface area (Å²) in [5, 5.41) is 11.2. The molecule has 1 nitrogen and oxygen atoms in total. The Morgan fingerprint density at radius 3 is 1.53 bits per heavy atom. The molecule has 0 aliphatic carbocycles. The number of nitrogens with zero attached hydrogens (tertiary/aromatic N) is 1. The van der Waals surface area contributed by atoms with Crippen LogP contribution in [0.1, 0.15) is 0 Å². The van der Waals surface area contributed by atoms with Crippen LogP contribution in [0.2, 0.25) is 0 Å². The van der Waals surface area contributed by atoms with Crippen LogP contribution >= 0.6 is 11.3 Å². The number of rotatable bonds is 3. The quantitative estimate of drug-likeness (QED) is 0.181. The maximum absolute atomic E-state index is 5.34. The lowest BCUT2D eigenvalue weighted by Gasteiger charge is -2.18. The zero-order valence-corrected chi connectivity index (χ0v) is 26.3. The van der Waals surface area contributed by atoms with Crippen LogP contribution in [0.15, 0.2) is 164 Å². The topological polar surface area (TPSA) is 12.9 Å². The second-order valence-corrected chi connectivity index (χ2v) is 13.3. The Labute approximate surface area is 276 Å². The summed E-state index contributed by atoms with van der Waals surface area (Å²) < 4.78 is 2.53. The van der Waals surface area contributed by atoms with Gasteiger partial charge in [-0.15, -0.1) is 11.3 Å². The molecule has 0 radical (unpaired) electrons. The number of fused-ring (bicyclic) bond motifs is 8. The summed E-state index contributed by atoms with van der Waals surface area (Å²) >= 11 is 1.83. The summed E-state index contributed by atoms with van der Waals surface area (Å²) in [5.41, 5.74) is 8.25. The first-order valence-corrected chi connectivity index (χ1v) is 16.9. The first kappa shape index (κ1) is 26.4. The van der Waals surface area contributed by atoms with Crippen molar-refractivity contribution in [2.45, 2.75) is 0 Å².